The Morgan fingerprint density at radius 1 is 0.938 bits per heavy atom. The molecular formula is C25H23FN2O4. The van der Waals surface area contributed by atoms with Crippen LogP contribution in [-0.4, -0.2) is 24.4 Å². The monoisotopic (exact) mass is 434 g/mol. The highest BCUT2D eigenvalue weighted by Crippen LogP contribution is 2.18. The quantitative estimate of drug-likeness (QED) is 0.539. The van der Waals surface area contributed by atoms with Crippen LogP contribution in [0.3, 0.4) is 0 Å². The maximum absolute atomic E-state index is 13.4. The fraction of sp³-hybridized carbons (Fsp3) is 0.160. The third-order valence-electron chi connectivity index (χ3n) is 4.85. The molecule has 2 amide bonds. The summed E-state index contributed by atoms with van der Waals surface area (Å²) in [4.78, 5) is 37.3. The molecule has 0 aliphatic heterocycles. The minimum absolute atomic E-state index is 0.0486. The summed E-state index contributed by atoms with van der Waals surface area (Å²) in [6, 6.07) is 19.5. The van der Waals surface area contributed by atoms with Crippen molar-refractivity contribution in [1.82, 2.24) is 5.32 Å². The molecule has 3 rings (SSSR count). The number of esters is 1. The summed E-state index contributed by atoms with van der Waals surface area (Å²) in [5.74, 6) is -2.36. The molecular weight excluding hydrogens is 411 g/mol. The van der Waals surface area contributed by atoms with Crippen LogP contribution in [0.5, 0.6) is 0 Å². The van der Waals surface area contributed by atoms with E-state index in [0.717, 1.165) is 11.6 Å². The highest BCUT2D eigenvalue weighted by atomic mass is 19.1. The van der Waals surface area contributed by atoms with Crippen LogP contribution in [0.15, 0.2) is 72.8 Å². The molecule has 6 nitrogen and oxygen atoms in total. The zero-order valence-electron chi connectivity index (χ0n) is 17.7. The maximum atomic E-state index is 13.4. The first-order valence-corrected chi connectivity index (χ1v) is 10.0. The van der Waals surface area contributed by atoms with Crippen LogP contribution >= 0.6 is 0 Å². The zero-order chi connectivity index (χ0) is 23.1. The van der Waals surface area contributed by atoms with Crippen LogP contribution in [0.1, 0.15) is 44.8 Å². The second-order valence-corrected chi connectivity index (χ2v) is 7.23. The van der Waals surface area contributed by atoms with Gasteiger partial charge in [-0.25, -0.2) is 9.18 Å². The predicted octanol–water partition coefficient (Wildman–Crippen LogP) is 4.42. The Hall–Kier alpha value is -4.00. The number of halogens is 1. The largest absolute Gasteiger partial charge is 0.452 e. The number of para-hydroxylation sites is 1. The summed E-state index contributed by atoms with van der Waals surface area (Å²) in [7, 11) is 0. The molecule has 3 aromatic rings. The van der Waals surface area contributed by atoms with E-state index in [0.29, 0.717) is 5.56 Å². The topological polar surface area (TPSA) is 84.5 Å². The third kappa shape index (κ3) is 5.78. The molecule has 1 unspecified atom stereocenters. The number of carbonyl (C=O) groups excluding carboxylic acids is 3. The van der Waals surface area contributed by atoms with Gasteiger partial charge in [-0.3, -0.25) is 9.59 Å². The molecule has 0 fully saturated rings. The number of hydrogen-bond acceptors (Lipinski definition) is 4. The molecule has 0 aliphatic carbocycles. The van der Waals surface area contributed by atoms with E-state index in [1.807, 2.05) is 37.3 Å². The van der Waals surface area contributed by atoms with E-state index in [1.54, 1.807) is 31.2 Å². The summed E-state index contributed by atoms with van der Waals surface area (Å²) in [6.45, 7) is 2.93. The molecule has 0 aliphatic rings. The number of hydrogen-bond donors (Lipinski definition) is 2. The molecule has 0 saturated heterocycles. The Kier molecular flexibility index (Phi) is 7.33. The van der Waals surface area contributed by atoms with Gasteiger partial charge in [0.15, 0.2) is 6.61 Å². The van der Waals surface area contributed by atoms with Crippen molar-refractivity contribution in [3.05, 3.63) is 101 Å². The van der Waals surface area contributed by atoms with Crippen molar-refractivity contribution in [3.63, 3.8) is 0 Å². The molecule has 3 aromatic carbocycles. The molecule has 164 valence electrons. The minimum atomic E-state index is -0.806. The van der Waals surface area contributed by atoms with Crippen molar-refractivity contribution in [2.45, 2.75) is 19.9 Å². The summed E-state index contributed by atoms with van der Waals surface area (Å²) >= 11 is 0. The van der Waals surface area contributed by atoms with E-state index >= 15 is 0 Å². The Morgan fingerprint density at radius 3 is 2.38 bits per heavy atom. The first-order chi connectivity index (χ1) is 15.3. The highest BCUT2D eigenvalue weighted by Gasteiger charge is 2.18. The van der Waals surface area contributed by atoms with E-state index < -0.39 is 24.3 Å². The van der Waals surface area contributed by atoms with Gasteiger partial charge in [-0.15, -0.1) is 0 Å². The van der Waals surface area contributed by atoms with Gasteiger partial charge in [0.2, 0.25) is 0 Å². The fourth-order valence-corrected chi connectivity index (χ4v) is 3.10. The average molecular weight is 434 g/mol. The Balaban J connectivity index is 1.62. The number of nitrogens with one attached hydrogen (secondary N) is 2. The lowest BCUT2D eigenvalue weighted by Gasteiger charge is -2.16. The predicted molar refractivity (Wildman–Crippen MR) is 119 cm³/mol. The Morgan fingerprint density at radius 2 is 1.62 bits per heavy atom. The number of ether oxygens (including phenoxy) is 1. The van der Waals surface area contributed by atoms with Crippen molar-refractivity contribution < 1.29 is 23.5 Å². The standard InChI is InChI=1S/C25H23FN2O4/c1-16-12-13-19(26)14-21(16)25(31)32-15-23(29)28-22-11-7-6-10-20(22)24(30)27-17(2)18-8-4-3-5-9-18/h3-14,17H,15H2,1-2H3,(H,27,30)(H,28,29). The second-order valence-electron chi connectivity index (χ2n) is 7.23. The molecule has 0 bridgehead atoms. The van der Waals surface area contributed by atoms with Gasteiger partial charge in [0, 0.05) is 0 Å². The van der Waals surface area contributed by atoms with Gasteiger partial charge >= 0.3 is 5.97 Å². The van der Waals surface area contributed by atoms with Crippen LogP contribution in [0.2, 0.25) is 0 Å². The smallest absolute Gasteiger partial charge is 0.339 e. The Labute approximate surface area is 185 Å². The van der Waals surface area contributed by atoms with Crippen LogP contribution in [0.25, 0.3) is 0 Å². The molecule has 0 saturated carbocycles. The molecule has 1 atom stereocenters. The van der Waals surface area contributed by atoms with Crippen molar-refractivity contribution in [3.8, 4) is 0 Å². The van der Waals surface area contributed by atoms with Gasteiger partial charge in [0.25, 0.3) is 11.8 Å². The lowest BCUT2D eigenvalue weighted by molar-refractivity contribution is -0.119. The number of benzene rings is 3. The van der Waals surface area contributed by atoms with Crippen LogP contribution in [-0.2, 0) is 9.53 Å². The van der Waals surface area contributed by atoms with E-state index in [-0.39, 0.29) is 28.8 Å². The van der Waals surface area contributed by atoms with E-state index in [9.17, 15) is 18.8 Å². The SMILES string of the molecule is Cc1ccc(F)cc1C(=O)OCC(=O)Nc1ccccc1C(=O)NC(C)c1ccccc1. The lowest BCUT2D eigenvalue weighted by Crippen LogP contribution is -2.28. The molecule has 32 heavy (non-hydrogen) atoms. The van der Waals surface area contributed by atoms with E-state index in [1.165, 1.54) is 12.1 Å². The van der Waals surface area contributed by atoms with Gasteiger partial charge in [0.05, 0.1) is 22.9 Å². The van der Waals surface area contributed by atoms with Crippen LogP contribution in [0.4, 0.5) is 10.1 Å². The zero-order valence-corrected chi connectivity index (χ0v) is 17.7. The van der Waals surface area contributed by atoms with Crippen molar-refractivity contribution >= 4 is 23.5 Å². The van der Waals surface area contributed by atoms with Crippen molar-refractivity contribution in [2.75, 3.05) is 11.9 Å². The lowest BCUT2D eigenvalue weighted by atomic mass is 10.1. The van der Waals surface area contributed by atoms with Crippen molar-refractivity contribution in [1.29, 1.82) is 0 Å². The molecule has 0 radical (unpaired) electrons. The number of amides is 2. The first kappa shape index (κ1) is 22.7. The Bertz CT molecular complexity index is 1130. The van der Waals surface area contributed by atoms with Crippen LogP contribution < -0.4 is 10.6 Å². The summed E-state index contributed by atoms with van der Waals surface area (Å²) < 4.78 is 18.4. The molecule has 0 aromatic heterocycles. The van der Waals surface area contributed by atoms with Gasteiger partial charge < -0.3 is 15.4 Å². The summed E-state index contributed by atoms with van der Waals surface area (Å²) in [5.41, 5.74) is 2.09. The number of anilines is 1. The highest BCUT2D eigenvalue weighted by molar-refractivity contribution is 6.04. The maximum Gasteiger partial charge on any atom is 0.339 e. The average Bonchev–Trinajstić information content (AvgIpc) is 2.80. The molecule has 0 heterocycles. The van der Waals surface area contributed by atoms with E-state index in [4.69, 9.17) is 4.74 Å². The minimum Gasteiger partial charge on any atom is -0.452 e. The summed E-state index contributed by atoms with van der Waals surface area (Å²) in [5, 5.41) is 5.48. The summed E-state index contributed by atoms with van der Waals surface area (Å²) in [6.07, 6.45) is 0. The molecule has 2 N–H and O–H groups in total. The first-order valence-electron chi connectivity index (χ1n) is 10.0. The third-order valence-corrected chi connectivity index (χ3v) is 4.85. The van der Waals surface area contributed by atoms with Gasteiger partial charge in [-0.1, -0.05) is 48.5 Å². The fourth-order valence-electron chi connectivity index (χ4n) is 3.10. The van der Waals surface area contributed by atoms with Gasteiger partial charge in [-0.05, 0) is 49.2 Å². The van der Waals surface area contributed by atoms with Crippen molar-refractivity contribution in [2.24, 2.45) is 0 Å². The number of rotatable bonds is 7. The van der Waals surface area contributed by atoms with Gasteiger partial charge in [0.1, 0.15) is 5.82 Å². The second kappa shape index (κ2) is 10.3. The normalized spacial score (nSPS) is 11.3. The number of carbonyl (C=O) groups is 3. The van der Waals surface area contributed by atoms with Gasteiger partial charge in [-0.2, -0.15) is 0 Å². The number of aryl methyl sites for hydroxylation is 1. The van der Waals surface area contributed by atoms with Crippen LogP contribution in [0, 0.1) is 12.7 Å². The molecule has 7 heteroatoms. The molecule has 0 spiro atoms. The van der Waals surface area contributed by atoms with E-state index in [2.05, 4.69) is 10.6 Å².